The number of carbonyl (C=O) groups is 2. The second kappa shape index (κ2) is 7.01. The summed E-state index contributed by atoms with van der Waals surface area (Å²) < 4.78 is 28.2. The van der Waals surface area contributed by atoms with Crippen LogP contribution in [0.15, 0.2) is 24.3 Å². The zero-order valence-electron chi connectivity index (χ0n) is 11.7. The number of rotatable bonds is 7. The minimum absolute atomic E-state index is 0.00177. The van der Waals surface area contributed by atoms with Gasteiger partial charge in [0.05, 0.1) is 6.42 Å². The molecule has 0 radical (unpaired) electrons. The average Bonchev–Trinajstić information content (AvgIpc) is 2.40. The smallest absolute Gasteiger partial charge is 0.387 e. The van der Waals surface area contributed by atoms with Crippen LogP contribution in [-0.2, 0) is 16.0 Å². The Labute approximate surface area is 120 Å². The molecular weight excluding hydrogens is 284 g/mol. The first-order valence-electron chi connectivity index (χ1n) is 6.35. The van der Waals surface area contributed by atoms with Crippen LogP contribution in [0.5, 0.6) is 5.75 Å². The summed E-state index contributed by atoms with van der Waals surface area (Å²) in [6.07, 6.45) is 0.201. The van der Waals surface area contributed by atoms with Crippen molar-refractivity contribution in [1.29, 1.82) is 0 Å². The predicted octanol–water partition coefficient (Wildman–Crippen LogP) is 2.20. The minimum atomic E-state index is -2.90. The number of halogens is 2. The topological polar surface area (TPSA) is 75.6 Å². The third-order valence-corrected chi connectivity index (χ3v) is 3.11. The van der Waals surface area contributed by atoms with Gasteiger partial charge in [0.1, 0.15) is 11.3 Å². The first kappa shape index (κ1) is 16.9. The average molecular weight is 301 g/mol. The number of alkyl halides is 2. The lowest BCUT2D eigenvalue weighted by atomic mass is 9.98. The van der Waals surface area contributed by atoms with Crippen LogP contribution >= 0.6 is 0 Å². The fraction of sp³-hybridized carbons (Fsp3) is 0.429. The first-order chi connectivity index (χ1) is 9.76. The second-order valence-corrected chi connectivity index (χ2v) is 4.74. The Bertz CT molecular complexity index is 504. The van der Waals surface area contributed by atoms with Crippen LogP contribution in [-0.4, -0.2) is 29.1 Å². The lowest BCUT2D eigenvalue weighted by molar-refractivity contribution is -0.146. The van der Waals surface area contributed by atoms with Gasteiger partial charge in [-0.3, -0.25) is 4.79 Å². The normalized spacial score (nSPS) is 13.6. The molecule has 5 nitrogen and oxygen atoms in total. The number of carboxylic acid groups (broad SMARTS) is 1. The molecule has 0 aliphatic rings. The highest BCUT2D eigenvalue weighted by molar-refractivity contribution is 5.87. The van der Waals surface area contributed by atoms with E-state index in [1.54, 1.807) is 6.92 Å². The Morgan fingerprint density at radius 2 is 1.90 bits per heavy atom. The number of ether oxygens (including phenoxy) is 1. The van der Waals surface area contributed by atoms with Crippen LogP contribution in [0.4, 0.5) is 8.78 Å². The molecular formula is C14H17F2NO4. The molecule has 0 saturated carbocycles. The SMILES string of the molecule is CCC(C)(NC(=O)Cc1ccc(OC(F)F)cc1)C(=O)O. The zero-order chi connectivity index (χ0) is 16.0. The van der Waals surface area contributed by atoms with Crippen LogP contribution in [0, 0.1) is 0 Å². The van der Waals surface area contributed by atoms with Crippen molar-refractivity contribution in [3.63, 3.8) is 0 Å². The van der Waals surface area contributed by atoms with Crippen molar-refractivity contribution < 1.29 is 28.2 Å². The van der Waals surface area contributed by atoms with Gasteiger partial charge in [-0.1, -0.05) is 19.1 Å². The van der Waals surface area contributed by atoms with Gasteiger partial charge in [0, 0.05) is 0 Å². The lowest BCUT2D eigenvalue weighted by Gasteiger charge is -2.24. The molecule has 1 rings (SSSR count). The van der Waals surface area contributed by atoms with Gasteiger partial charge in [-0.05, 0) is 31.0 Å². The molecule has 0 bridgehead atoms. The summed E-state index contributed by atoms with van der Waals surface area (Å²) in [5.41, 5.74) is -0.756. The number of benzene rings is 1. The molecule has 1 aromatic rings. The van der Waals surface area contributed by atoms with Crippen LogP contribution in [0.25, 0.3) is 0 Å². The van der Waals surface area contributed by atoms with Gasteiger partial charge in [0.25, 0.3) is 0 Å². The molecule has 0 saturated heterocycles. The maximum atomic E-state index is 12.0. The number of amides is 1. The largest absolute Gasteiger partial charge is 0.480 e. The number of aliphatic carboxylic acids is 1. The van der Waals surface area contributed by atoms with Crippen molar-refractivity contribution in [2.45, 2.75) is 38.8 Å². The Hall–Kier alpha value is -2.18. The quantitative estimate of drug-likeness (QED) is 0.809. The predicted molar refractivity (Wildman–Crippen MR) is 71.3 cm³/mol. The molecule has 7 heteroatoms. The summed E-state index contributed by atoms with van der Waals surface area (Å²) in [4.78, 5) is 22.9. The highest BCUT2D eigenvalue weighted by atomic mass is 19.3. The van der Waals surface area contributed by atoms with Crippen molar-refractivity contribution in [3.05, 3.63) is 29.8 Å². The van der Waals surface area contributed by atoms with Crippen molar-refractivity contribution in [1.82, 2.24) is 5.32 Å². The summed E-state index contributed by atoms with van der Waals surface area (Å²) in [6, 6.07) is 5.60. The molecule has 0 aliphatic heterocycles. The van der Waals surface area contributed by atoms with E-state index in [9.17, 15) is 18.4 Å². The van der Waals surface area contributed by atoms with Gasteiger partial charge in [0.15, 0.2) is 0 Å². The van der Waals surface area contributed by atoms with Gasteiger partial charge >= 0.3 is 12.6 Å². The molecule has 1 atom stereocenters. The molecule has 0 heterocycles. The van der Waals surface area contributed by atoms with E-state index in [0.717, 1.165) is 0 Å². The van der Waals surface area contributed by atoms with Crippen LogP contribution in [0.2, 0.25) is 0 Å². The molecule has 21 heavy (non-hydrogen) atoms. The molecule has 1 aromatic carbocycles. The molecule has 2 N–H and O–H groups in total. The van der Waals surface area contributed by atoms with E-state index in [1.165, 1.54) is 31.2 Å². The number of carboxylic acids is 1. The number of nitrogens with one attached hydrogen (secondary N) is 1. The second-order valence-electron chi connectivity index (χ2n) is 4.74. The lowest BCUT2D eigenvalue weighted by Crippen LogP contribution is -2.52. The van der Waals surface area contributed by atoms with E-state index in [2.05, 4.69) is 10.1 Å². The fourth-order valence-electron chi connectivity index (χ4n) is 1.62. The summed E-state index contributed by atoms with van der Waals surface area (Å²) in [5.74, 6) is -1.57. The highest BCUT2D eigenvalue weighted by Crippen LogP contribution is 2.16. The summed E-state index contributed by atoms with van der Waals surface area (Å²) in [5, 5.41) is 11.5. The van der Waals surface area contributed by atoms with Gasteiger partial charge in [-0.2, -0.15) is 8.78 Å². The molecule has 0 fully saturated rings. The molecule has 0 spiro atoms. The van der Waals surface area contributed by atoms with Crippen LogP contribution < -0.4 is 10.1 Å². The van der Waals surface area contributed by atoms with Gasteiger partial charge in [0.2, 0.25) is 5.91 Å². The van der Waals surface area contributed by atoms with Gasteiger partial charge in [-0.25, -0.2) is 4.79 Å². The van der Waals surface area contributed by atoms with Gasteiger partial charge < -0.3 is 15.2 Å². The summed E-state index contributed by atoms with van der Waals surface area (Å²) >= 11 is 0. The number of hydrogen-bond acceptors (Lipinski definition) is 3. The van der Waals surface area contributed by atoms with Gasteiger partial charge in [-0.15, -0.1) is 0 Å². The number of hydrogen-bond donors (Lipinski definition) is 2. The van der Waals surface area contributed by atoms with E-state index in [0.29, 0.717) is 5.56 Å². The van der Waals surface area contributed by atoms with E-state index < -0.39 is 24.0 Å². The third kappa shape index (κ3) is 5.02. The molecule has 116 valence electrons. The maximum Gasteiger partial charge on any atom is 0.387 e. The summed E-state index contributed by atoms with van der Waals surface area (Å²) in [6.45, 7) is 0.178. The first-order valence-corrected chi connectivity index (χ1v) is 6.35. The molecule has 0 aromatic heterocycles. The monoisotopic (exact) mass is 301 g/mol. The Balaban J connectivity index is 2.65. The maximum absolute atomic E-state index is 12.0. The third-order valence-electron chi connectivity index (χ3n) is 3.11. The Kier molecular flexibility index (Phi) is 5.63. The minimum Gasteiger partial charge on any atom is -0.480 e. The number of carbonyl (C=O) groups excluding carboxylic acids is 1. The van der Waals surface area contributed by atoms with Crippen LogP contribution in [0.1, 0.15) is 25.8 Å². The molecule has 1 unspecified atom stereocenters. The summed E-state index contributed by atoms with van der Waals surface area (Å²) in [7, 11) is 0. The van der Waals surface area contributed by atoms with E-state index >= 15 is 0 Å². The standard InChI is InChI=1S/C14H17F2NO4/c1-3-14(2,12(19)20)17-11(18)8-9-4-6-10(7-5-9)21-13(15)16/h4-7,13H,3,8H2,1-2H3,(H,17,18)(H,19,20). The highest BCUT2D eigenvalue weighted by Gasteiger charge is 2.32. The van der Waals surface area contributed by atoms with Crippen molar-refractivity contribution >= 4 is 11.9 Å². The molecule has 0 aliphatic carbocycles. The van der Waals surface area contributed by atoms with E-state index in [4.69, 9.17) is 5.11 Å². The van der Waals surface area contributed by atoms with E-state index in [1.807, 2.05) is 0 Å². The van der Waals surface area contributed by atoms with Crippen LogP contribution in [0.3, 0.4) is 0 Å². The molecule has 1 amide bonds. The fourth-order valence-corrected chi connectivity index (χ4v) is 1.62. The van der Waals surface area contributed by atoms with Crippen molar-refractivity contribution in [2.75, 3.05) is 0 Å². The Morgan fingerprint density at radius 1 is 1.33 bits per heavy atom. The van der Waals surface area contributed by atoms with Crippen molar-refractivity contribution in [3.8, 4) is 5.75 Å². The van der Waals surface area contributed by atoms with E-state index in [-0.39, 0.29) is 18.6 Å². The zero-order valence-corrected chi connectivity index (χ0v) is 11.7. The van der Waals surface area contributed by atoms with Crippen molar-refractivity contribution in [2.24, 2.45) is 0 Å². The Morgan fingerprint density at radius 3 is 2.33 bits per heavy atom.